The molecule has 3 heterocycles. The van der Waals surface area contributed by atoms with E-state index in [0.29, 0.717) is 17.2 Å². The molecule has 1 aliphatic rings. The Bertz CT molecular complexity index is 914. The molecule has 134 valence electrons. The Hall–Kier alpha value is -2.76. The van der Waals surface area contributed by atoms with Gasteiger partial charge in [0.25, 0.3) is 0 Å². The zero-order valence-electron chi connectivity index (χ0n) is 14.5. The van der Waals surface area contributed by atoms with Crippen LogP contribution in [-0.4, -0.2) is 28.0 Å². The lowest BCUT2D eigenvalue weighted by Gasteiger charge is -2.33. The molecule has 1 saturated heterocycles. The second kappa shape index (κ2) is 6.86. The summed E-state index contributed by atoms with van der Waals surface area (Å²) >= 11 is 0. The van der Waals surface area contributed by atoms with Gasteiger partial charge in [-0.2, -0.15) is 0 Å². The van der Waals surface area contributed by atoms with E-state index in [1.165, 1.54) is 17.3 Å². The van der Waals surface area contributed by atoms with Crippen molar-refractivity contribution in [1.82, 2.24) is 15.0 Å². The predicted molar refractivity (Wildman–Crippen MR) is 97.1 cm³/mol. The van der Waals surface area contributed by atoms with E-state index in [4.69, 9.17) is 0 Å². The Labute approximate surface area is 150 Å². The zero-order valence-corrected chi connectivity index (χ0v) is 14.5. The average Bonchev–Trinajstić information content (AvgIpc) is 3.15. The molecule has 0 spiro atoms. The Morgan fingerprint density at radius 2 is 1.88 bits per heavy atom. The van der Waals surface area contributed by atoms with Crippen molar-refractivity contribution in [1.29, 1.82) is 0 Å². The fourth-order valence-corrected chi connectivity index (χ4v) is 3.57. The number of nitrogens with zero attached hydrogens (tertiary/aromatic N) is 3. The summed E-state index contributed by atoms with van der Waals surface area (Å²) < 4.78 is 26.5. The van der Waals surface area contributed by atoms with Crippen molar-refractivity contribution in [2.75, 3.05) is 18.0 Å². The van der Waals surface area contributed by atoms with Gasteiger partial charge in [0.2, 0.25) is 0 Å². The molecule has 0 bridgehead atoms. The van der Waals surface area contributed by atoms with E-state index in [1.807, 2.05) is 12.4 Å². The number of hydrogen-bond acceptors (Lipinski definition) is 3. The first kappa shape index (κ1) is 16.7. The van der Waals surface area contributed by atoms with Crippen LogP contribution in [0.1, 0.15) is 30.1 Å². The number of aromatic amines is 1. The summed E-state index contributed by atoms with van der Waals surface area (Å²) in [7, 11) is 0. The van der Waals surface area contributed by atoms with E-state index in [0.717, 1.165) is 37.8 Å². The summed E-state index contributed by atoms with van der Waals surface area (Å²) in [5.41, 5.74) is 3.74. The smallest absolute Gasteiger partial charge is 0.159 e. The molecule has 0 radical (unpaired) electrons. The van der Waals surface area contributed by atoms with Crippen molar-refractivity contribution >= 4 is 5.69 Å². The number of aryl methyl sites for hydroxylation is 1. The van der Waals surface area contributed by atoms with E-state index < -0.39 is 11.6 Å². The Morgan fingerprint density at radius 3 is 2.62 bits per heavy atom. The second-order valence-electron chi connectivity index (χ2n) is 6.73. The number of benzene rings is 1. The summed E-state index contributed by atoms with van der Waals surface area (Å²) in [6.07, 6.45) is 7.40. The fraction of sp³-hybridized carbons (Fsp3) is 0.300. The van der Waals surface area contributed by atoms with Crippen LogP contribution >= 0.6 is 0 Å². The maximum absolute atomic E-state index is 13.4. The molecule has 3 aromatic rings. The number of pyridine rings is 1. The minimum absolute atomic E-state index is 0.340. The van der Waals surface area contributed by atoms with Crippen LogP contribution in [0.25, 0.3) is 11.3 Å². The molecule has 4 nitrogen and oxygen atoms in total. The molecule has 4 rings (SSSR count). The lowest BCUT2D eigenvalue weighted by Crippen LogP contribution is -2.33. The van der Waals surface area contributed by atoms with Crippen molar-refractivity contribution in [2.45, 2.75) is 25.7 Å². The molecular weight excluding hydrogens is 334 g/mol. The number of rotatable bonds is 3. The van der Waals surface area contributed by atoms with Gasteiger partial charge in [-0.05, 0) is 49.6 Å². The van der Waals surface area contributed by atoms with Gasteiger partial charge in [0, 0.05) is 42.7 Å². The van der Waals surface area contributed by atoms with Gasteiger partial charge in [0.05, 0.1) is 11.9 Å². The predicted octanol–water partition coefficient (Wildman–Crippen LogP) is 4.44. The van der Waals surface area contributed by atoms with Crippen LogP contribution in [-0.2, 0) is 0 Å². The Kier molecular flexibility index (Phi) is 4.41. The number of hydrogen-bond donors (Lipinski definition) is 1. The second-order valence-corrected chi connectivity index (χ2v) is 6.73. The number of H-pyrrole nitrogens is 1. The SMILES string of the molecule is Cc1cnccc1N1CCC(c2ncc(-c3ccc(F)c(F)c3)[nH]2)CC1. The van der Waals surface area contributed by atoms with Crippen LogP contribution in [0, 0.1) is 18.6 Å². The third kappa shape index (κ3) is 3.19. The summed E-state index contributed by atoms with van der Waals surface area (Å²) in [4.78, 5) is 14.3. The summed E-state index contributed by atoms with van der Waals surface area (Å²) in [5, 5.41) is 0. The summed E-state index contributed by atoms with van der Waals surface area (Å²) in [6, 6.07) is 5.95. The summed E-state index contributed by atoms with van der Waals surface area (Å²) in [6.45, 7) is 3.99. The van der Waals surface area contributed by atoms with Crippen molar-refractivity contribution in [3.05, 3.63) is 65.9 Å². The molecule has 0 aliphatic carbocycles. The molecule has 0 atom stereocenters. The first-order chi connectivity index (χ1) is 12.6. The standard InChI is InChI=1S/C20H20F2N4/c1-13-11-23-7-4-19(13)26-8-5-14(6-9-26)20-24-12-18(25-20)15-2-3-16(21)17(22)10-15/h2-4,7,10-12,14H,5-6,8-9H2,1H3,(H,24,25). The molecule has 1 N–H and O–H groups in total. The third-order valence-electron chi connectivity index (χ3n) is 5.04. The minimum Gasteiger partial charge on any atom is -0.371 e. The van der Waals surface area contributed by atoms with Gasteiger partial charge >= 0.3 is 0 Å². The first-order valence-electron chi connectivity index (χ1n) is 8.77. The highest BCUT2D eigenvalue weighted by Crippen LogP contribution is 2.31. The Balaban J connectivity index is 1.46. The van der Waals surface area contributed by atoms with E-state index >= 15 is 0 Å². The van der Waals surface area contributed by atoms with Crippen molar-refractivity contribution in [2.24, 2.45) is 0 Å². The number of halogens is 2. The van der Waals surface area contributed by atoms with Gasteiger partial charge in [-0.1, -0.05) is 0 Å². The van der Waals surface area contributed by atoms with Gasteiger partial charge in [-0.25, -0.2) is 13.8 Å². The van der Waals surface area contributed by atoms with Gasteiger partial charge in [-0.15, -0.1) is 0 Å². The Morgan fingerprint density at radius 1 is 1.08 bits per heavy atom. The molecule has 1 aliphatic heterocycles. The molecule has 1 fully saturated rings. The van der Waals surface area contributed by atoms with Crippen LogP contribution in [0.4, 0.5) is 14.5 Å². The number of aromatic nitrogens is 3. The maximum Gasteiger partial charge on any atom is 0.159 e. The van der Waals surface area contributed by atoms with Crippen molar-refractivity contribution in [3.8, 4) is 11.3 Å². The van der Waals surface area contributed by atoms with Gasteiger partial charge < -0.3 is 9.88 Å². The lowest BCUT2D eigenvalue weighted by atomic mass is 9.95. The molecule has 26 heavy (non-hydrogen) atoms. The van der Waals surface area contributed by atoms with Crippen molar-refractivity contribution in [3.63, 3.8) is 0 Å². The highest BCUT2D eigenvalue weighted by molar-refractivity contribution is 5.58. The monoisotopic (exact) mass is 354 g/mol. The molecule has 0 unspecified atom stereocenters. The van der Waals surface area contributed by atoms with Crippen LogP contribution < -0.4 is 4.90 Å². The van der Waals surface area contributed by atoms with E-state index in [9.17, 15) is 8.78 Å². The normalized spacial score (nSPS) is 15.4. The molecule has 2 aromatic heterocycles. The number of nitrogens with one attached hydrogen (secondary N) is 1. The fourth-order valence-electron chi connectivity index (χ4n) is 3.57. The van der Waals surface area contributed by atoms with Gasteiger partial charge in [-0.3, -0.25) is 4.98 Å². The number of anilines is 1. The van der Waals surface area contributed by atoms with E-state index in [1.54, 1.807) is 12.3 Å². The molecule has 0 saturated carbocycles. The van der Waals surface area contributed by atoms with Crippen molar-refractivity contribution < 1.29 is 8.78 Å². The number of imidazole rings is 1. The van der Waals surface area contributed by atoms with Crippen LogP contribution in [0.5, 0.6) is 0 Å². The number of piperidine rings is 1. The quantitative estimate of drug-likeness (QED) is 0.756. The molecule has 6 heteroatoms. The summed E-state index contributed by atoms with van der Waals surface area (Å²) in [5.74, 6) is -0.435. The van der Waals surface area contributed by atoms with E-state index in [-0.39, 0.29) is 0 Å². The van der Waals surface area contributed by atoms with Crippen LogP contribution in [0.15, 0.2) is 42.9 Å². The highest BCUT2D eigenvalue weighted by atomic mass is 19.2. The van der Waals surface area contributed by atoms with Gasteiger partial charge in [0.15, 0.2) is 11.6 Å². The third-order valence-corrected chi connectivity index (χ3v) is 5.04. The molecule has 1 aromatic carbocycles. The zero-order chi connectivity index (χ0) is 18.1. The lowest BCUT2D eigenvalue weighted by molar-refractivity contribution is 0.488. The largest absolute Gasteiger partial charge is 0.371 e. The van der Waals surface area contributed by atoms with E-state index in [2.05, 4.69) is 32.8 Å². The minimum atomic E-state index is -0.848. The maximum atomic E-state index is 13.4. The highest BCUT2D eigenvalue weighted by Gasteiger charge is 2.24. The van der Waals surface area contributed by atoms with Crippen LogP contribution in [0.2, 0.25) is 0 Å². The topological polar surface area (TPSA) is 44.8 Å². The average molecular weight is 354 g/mol. The van der Waals surface area contributed by atoms with Gasteiger partial charge in [0.1, 0.15) is 5.82 Å². The molecule has 0 amide bonds. The molecular formula is C20H20F2N4. The van der Waals surface area contributed by atoms with Crippen LogP contribution in [0.3, 0.4) is 0 Å². The first-order valence-corrected chi connectivity index (χ1v) is 8.77.